The standard InChI is InChI=1S/C20H21N3O5S/c1-27-18-10-9-15(29(25,26)23-14-7-8-14)11-17(18)21-20(24)19-12-16(22-28-19)13-5-3-2-4-6-13/h2-6,9-11,14,19,23H,7-8,12H2,1H3,(H,21,24). The predicted octanol–water partition coefficient (Wildman–Crippen LogP) is 2.27. The summed E-state index contributed by atoms with van der Waals surface area (Å²) in [6, 6.07) is 13.8. The van der Waals surface area contributed by atoms with E-state index in [1.165, 1.54) is 25.3 Å². The van der Waals surface area contributed by atoms with Crippen LogP contribution in [0.25, 0.3) is 0 Å². The number of sulfonamides is 1. The zero-order valence-electron chi connectivity index (χ0n) is 15.8. The van der Waals surface area contributed by atoms with Crippen molar-refractivity contribution in [1.29, 1.82) is 0 Å². The van der Waals surface area contributed by atoms with E-state index in [2.05, 4.69) is 15.2 Å². The number of anilines is 1. The highest BCUT2D eigenvalue weighted by atomic mass is 32.2. The highest BCUT2D eigenvalue weighted by Gasteiger charge is 2.31. The van der Waals surface area contributed by atoms with Crippen molar-refractivity contribution in [3.63, 3.8) is 0 Å². The Bertz CT molecular complexity index is 1050. The Morgan fingerprint density at radius 3 is 2.62 bits per heavy atom. The third kappa shape index (κ3) is 4.41. The summed E-state index contributed by atoms with van der Waals surface area (Å²) < 4.78 is 32.8. The topological polar surface area (TPSA) is 106 Å². The summed E-state index contributed by atoms with van der Waals surface area (Å²) in [5.74, 6) is -0.0754. The number of nitrogens with one attached hydrogen (secondary N) is 2. The molecule has 0 bridgehead atoms. The molecule has 1 fully saturated rings. The number of benzene rings is 2. The molecule has 29 heavy (non-hydrogen) atoms. The van der Waals surface area contributed by atoms with Crippen molar-refractivity contribution in [3.8, 4) is 5.75 Å². The van der Waals surface area contributed by atoms with Gasteiger partial charge in [0.05, 0.1) is 23.4 Å². The summed E-state index contributed by atoms with van der Waals surface area (Å²) in [6.45, 7) is 0. The molecule has 0 saturated heterocycles. The average molecular weight is 415 g/mol. The van der Waals surface area contributed by atoms with Crippen molar-refractivity contribution in [2.24, 2.45) is 5.16 Å². The van der Waals surface area contributed by atoms with Crippen LogP contribution in [0.3, 0.4) is 0 Å². The van der Waals surface area contributed by atoms with Crippen LogP contribution in [0.5, 0.6) is 5.75 Å². The zero-order valence-corrected chi connectivity index (χ0v) is 16.6. The van der Waals surface area contributed by atoms with Gasteiger partial charge < -0.3 is 14.9 Å². The lowest BCUT2D eigenvalue weighted by Gasteiger charge is -2.14. The Morgan fingerprint density at radius 2 is 1.93 bits per heavy atom. The molecule has 2 aliphatic rings. The number of hydrogen-bond acceptors (Lipinski definition) is 6. The summed E-state index contributed by atoms with van der Waals surface area (Å²) in [7, 11) is -2.21. The first-order valence-corrected chi connectivity index (χ1v) is 10.7. The van der Waals surface area contributed by atoms with Gasteiger partial charge >= 0.3 is 0 Å². The van der Waals surface area contributed by atoms with Crippen molar-refractivity contribution >= 4 is 27.3 Å². The minimum Gasteiger partial charge on any atom is -0.495 e. The smallest absolute Gasteiger partial charge is 0.268 e. The number of amides is 1. The molecule has 2 aromatic rings. The van der Waals surface area contributed by atoms with E-state index >= 15 is 0 Å². The maximum atomic E-state index is 12.7. The Hall–Kier alpha value is -2.91. The van der Waals surface area contributed by atoms with Gasteiger partial charge in [-0.15, -0.1) is 0 Å². The molecule has 1 heterocycles. The maximum absolute atomic E-state index is 12.7. The average Bonchev–Trinajstić information content (AvgIpc) is 3.38. The fraction of sp³-hybridized carbons (Fsp3) is 0.300. The van der Waals surface area contributed by atoms with Gasteiger partial charge in [0.25, 0.3) is 5.91 Å². The molecule has 0 radical (unpaired) electrons. The Kier molecular flexibility index (Phi) is 5.25. The number of nitrogens with zero attached hydrogens (tertiary/aromatic N) is 1. The predicted molar refractivity (Wildman–Crippen MR) is 107 cm³/mol. The Morgan fingerprint density at radius 1 is 1.17 bits per heavy atom. The highest BCUT2D eigenvalue weighted by Crippen LogP contribution is 2.30. The first-order valence-electron chi connectivity index (χ1n) is 9.25. The van der Waals surface area contributed by atoms with Crippen LogP contribution in [0, 0.1) is 0 Å². The van der Waals surface area contributed by atoms with Crippen molar-refractivity contribution in [3.05, 3.63) is 54.1 Å². The maximum Gasteiger partial charge on any atom is 0.268 e. The van der Waals surface area contributed by atoms with E-state index in [4.69, 9.17) is 9.57 Å². The quantitative estimate of drug-likeness (QED) is 0.722. The molecule has 1 amide bonds. The van der Waals surface area contributed by atoms with Gasteiger partial charge in [-0.3, -0.25) is 4.79 Å². The number of carbonyl (C=O) groups excluding carboxylic acids is 1. The highest BCUT2D eigenvalue weighted by molar-refractivity contribution is 7.89. The second kappa shape index (κ2) is 7.84. The van der Waals surface area contributed by atoms with Crippen molar-refractivity contribution in [2.75, 3.05) is 12.4 Å². The van der Waals surface area contributed by atoms with Gasteiger partial charge in [0.2, 0.25) is 16.1 Å². The molecule has 4 rings (SSSR count). The van der Waals surface area contributed by atoms with Gasteiger partial charge in [0, 0.05) is 12.5 Å². The number of carbonyl (C=O) groups is 1. The van der Waals surface area contributed by atoms with Crippen LogP contribution in [-0.4, -0.2) is 39.3 Å². The van der Waals surface area contributed by atoms with Crippen LogP contribution in [-0.2, 0) is 19.7 Å². The fourth-order valence-corrected chi connectivity index (χ4v) is 4.30. The van der Waals surface area contributed by atoms with Crippen LogP contribution < -0.4 is 14.8 Å². The molecular formula is C20H21N3O5S. The van der Waals surface area contributed by atoms with Gasteiger partial charge in [-0.25, -0.2) is 13.1 Å². The third-order valence-electron chi connectivity index (χ3n) is 4.71. The van der Waals surface area contributed by atoms with E-state index in [1.54, 1.807) is 0 Å². The molecule has 1 aliphatic carbocycles. The minimum atomic E-state index is -3.65. The molecule has 1 unspecified atom stereocenters. The first kappa shape index (κ1) is 19.4. The van der Waals surface area contributed by atoms with E-state index in [9.17, 15) is 13.2 Å². The summed E-state index contributed by atoms with van der Waals surface area (Å²) in [4.78, 5) is 18.0. The largest absolute Gasteiger partial charge is 0.495 e. The second-order valence-electron chi connectivity index (χ2n) is 6.95. The van der Waals surface area contributed by atoms with E-state index < -0.39 is 22.0 Å². The van der Waals surface area contributed by atoms with Gasteiger partial charge in [-0.05, 0) is 36.6 Å². The van der Waals surface area contributed by atoms with E-state index in [0.717, 1.165) is 18.4 Å². The van der Waals surface area contributed by atoms with Crippen LogP contribution in [0.1, 0.15) is 24.8 Å². The molecule has 152 valence electrons. The summed E-state index contributed by atoms with van der Waals surface area (Å²) in [6.07, 6.45) is 1.18. The molecule has 0 spiro atoms. The second-order valence-corrected chi connectivity index (χ2v) is 8.66. The number of ether oxygens (including phenoxy) is 1. The minimum absolute atomic E-state index is 0.0133. The summed E-state index contributed by atoms with van der Waals surface area (Å²) >= 11 is 0. The van der Waals surface area contributed by atoms with Gasteiger partial charge in [0.15, 0.2) is 0 Å². The normalized spacial score (nSPS) is 18.7. The lowest BCUT2D eigenvalue weighted by atomic mass is 10.0. The van der Waals surface area contributed by atoms with Crippen LogP contribution in [0.4, 0.5) is 5.69 Å². The Balaban J connectivity index is 1.48. The van der Waals surface area contributed by atoms with E-state index in [-0.39, 0.29) is 16.6 Å². The molecular weight excluding hydrogens is 394 g/mol. The molecule has 1 saturated carbocycles. The van der Waals surface area contributed by atoms with Crippen molar-refractivity contribution in [2.45, 2.75) is 36.3 Å². The van der Waals surface area contributed by atoms with Crippen molar-refractivity contribution in [1.82, 2.24) is 4.72 Å². The van der Waals surface area contributed by atoms with Gasteiger partial charge in [-0.2, -0.15) is 0 Å². The lowest BCUT2D eigenvalue weighted by molar-refractivity contribution is -0.125. The van der Waals surface area contributed by atoms with Crippen LogP contribution in [0.2, 0.25) is 0 Å². The number of oxime groups is 1. The van der Waals surface area contributed by atoms with E-state index in [0.29, 0.717) is 17.9 Å². The molecule has 2 aromatic carbocycles. The van der Waals surface area contributed by atoms with E-state index in [1.807, 2.05) is 30.3 Å². The third-order valence-corrected chi connectivity index (χ3v) is 6.22. The van der Waals surface area contributed by atoms with Crippen LogP contribution >= 0.6 is 0 Å². The summed E-state index contributed by atoms with van der Waals surface area (Å²) in [5.41, 5.74) is 1.83. The lowest BCUT2D eigenvalue weighted by Crippen LogP contribution is -2.29. The van der Waals surface area contributed by atoms with Gasteiger partial charge in [-0.1, -0.05) is 35.5 Å². The molecule has 1 aliphatic heterocycles. The molecule has 0 aromatic heterocycles. The zero-order chi connectivity index (χ0) is 20.4. The van der Waals surface area contributed by atoms with Crippen molar-refractivity contribution < 1.29 is 22.8 Å². The number of hydrogen-bond donors (Lipinski definition) is 2. The summed E-state index contributed by atoms with van der Waals surface area (Å²) in [5, 5.41) is 6.71. The monoisotopic (exact) mass is 415 g/mol. The molecule has 1 atom stereocenters. The molecule has 9 heteroatoms. The fourth-order valence-electron chi connectivity index (χ4n) is 2.97. The SMILES string of the molecule is COc1ccc(S(=O)(=O)NC2CC2)cc1NC(=O)C1CC(c2ccccc2)=NO1. The first-order chi connectivity index (χ1) is 14.0. The van der Waals surface area contributed by atoms with Crippen LogP contribution in [0.15, 0.2) is 58.6 Å². The number of rotatable bonds is 7. The van der Waals surface area contributed by atoms with Gasteiger partial charge in [0.1, 0.15) is 5.75 Å². The molecule has 8 nitrogen and oxygen atoms in total. The Labute approximate surface area is 168 Å². The number of methoxy groups -OCH3 is 1. The molecule has 2 N–H and O–H groups in total.